The third kappa shape index (κ3) is 3.56. The minimum absolute atomic E-state index is 0.185. The normalized spacial score (nSPS) is 22.4. The summed E-state index contributed by atoms with van der Waals surface area (Å²) in [5.41, 5.74) is 4.45. The molecule has 0 spiro atoms. The lowest BCUT2D eigenvalue weighted by Gasteiger charge is -2.29. The molecule has 3 N–H and O–H groups in total. The Bertz CT molecular complexity index is 429. The molecule has 1 aliphatic rings. The number of carbonyl (C=O) groups is 2. The van der Waals surface area contributed by atoms with E-state index in [0.717, 1.165) is 19.0 Å². The molecule has 0 aliphatic carbocycles. The van der Waals surface area contributed by atoms with Crippen molar-refractivity contribution in [2.75, 3.05) is 6.54 Å². The van der Waals surface area contributed by atoms with Gasteiger partial charge in [-0.1, -0.05) is 20.3 Å². The van der Waals surface area contributed by atoms with E-state index in [-0.39, 0.29) is 17.9 Å². The van der Waals surface area contributed by atoms with Gasteiger partial charge in [-0.05, 0) is 12.8 Å². The second-order valence-electron chi connectivity index (χ2n) is 4.85. The summed E-state index contributed by atoms with van der Waals surface area (Å²) in [6.07, 6.45) is 4.72. The van der Waals surface area contributed by atoms with E-state index in [1.54, 1.807) is 0 Å². The van der Waals surface area contributed by atoms with Crippen LogP contribution >= 0.6 is 0 Å². The summed E-state index contributed by atoms with van der Waals surface area (Å²) < 4.78 is 0.519. The zero-order valence-electron chi connectivity index (χ0n) is 11.4. The predicted octanol–water partition coefficient (Wildman–Crippen LogP) is 0.653. The Balaban J connectivity index is 3.04. The summed E-state index contributed by atoms with van der Waals surface area (Å²) >= 11 is 0. The molecule has 1 unspecified atom stereocenters. The fourth-order valence-electron chi connectivity index (χ4n) is 2.28. The molecule has 106 valence electrons. The lowest BCUT2D eigenvalue weighted by atomic mass is 9.76. The van der Waals surface area contributed by atoms with Crippen molar-refractivity contribution < 1.29 is 14.3 Å². The standard InChI is InChI=1S/C13H21N3O3/c1-3-5-13(12(18)15-6-4-2)7-10(11(14)17)8-16(19)9-13/h8-9H,3-7H2,1-2H3,(H2,14,17)(H,15,18). The molecule has 0 saturated heterocycles. The van der Waals surface area contributed by atoms with E-state index in [0.29, 0.717) is 17.7 Å². The van der Waals surface area contributed by atoms with Crippen molar-refractivity contribution >= 4 is 18.0 Å². The molecule has 0 saturated carbocycles. The van der Waals surface area contributed by atoms with Gasteiger partial charge in [-0.3, -0.25) is 9.59 Å². The quantitative estimate of drug-likeness (QED) is 0.546. The summed E-state index contributed by atoms with van der Waals surface area (Å²) in [4.78, 5) is 23.6. The summed E-state index contributed by atoms with van der Waals surface area (Å²) in [7, 11) is 0. The van der Waals surface area contributed by atoms with Gasteiger partial charge in [0.25, 0.3) is 5.91 Å². The number of rotatable bonds is 6. The minimum Gasteiger partial charge on any atom is -0.619 e. The maximum Gasteiger partial charge on any atom is 0.250 e. The lowest BCUT2D eigenvalue weighted by molar-refractivity contribution is -0.381. The van der Waals surface area contributed by atoms with Crippen LogP contribution in [0.5, 0.6) is 0 Å². The maximum absolute atomic E-state index is 12.3. The van der Waals surface area contributed by atoms with Crippen LogP contribution in [0.4, 0.5) is 0 Å². The van der Waals surface area contributed by atoms with E-state index in [2.05, 4.69) is 5.32 Å². The van der Waals surface area contributed by atoms with Crippen LogP contribution in [0.15, 0.2) is 11.8 Å². The van der Waals surface area contributed by atoms with Crippen LogP contribution in [0, 0.1) is 10.6 Å². The van der Waals surface area contributed by atoms with Crippen LogP contribution in [-0.4, -0.2) is 29.3 Å². The predicted molar refractivity (Wildman–Crippen MR) is 72.2 cm³/mol. The number of hydrogen-bond acceptors (Lipinski definition) is 3. The first-order chi connectivity index (χ1) is 8.95. The van der Waals surface area contributed by atoms with Gasteiger partial charge in [0.2, 0.25) is 5.91 Å². The SMILES string of the molecule is CCCNC(=O)C1(CCC)C=[N+]([O-])C=C(C(N)=O)C1. The second-order valence-corrected chi connectivity index (χ2v) is 4.85. The largest absolute Gasteiger partial charge is 0.619 e. The van der Waals surface area contributed by atoms with Crippen LogP contribution in [0.2, 0.25) is 0 Å². The molecular formula is C13H21N3O3. The number of nitrogens with one attached hydrogen (secondary N) is 1. The number of primary amides is 1. The number of amides is 2. The summed E-state index contributed by atoms with van der Waals surface area (Å²) in [5.74, 6) is -0.874. The number of nitrogens with zero attached hydrogens (tertiary/aromatic N) is 1. The third-order valence-electron chi connectivity index (χ3n) is 3.16. The lowest BCUT2D eigenvalue weighted by Crippen LogP contribution is -2.46. The summed E-state index contributed by atoms with van der Waals surface area (Å²) in [6, 6.07) is 0. The molecule has 0 aromatic rings. The molecule has 6 heteroatoms. The number of hydroxylamine groups is 1. The van der Waals surface area contributed by atoms with Crippen molar-refractivity contribution in [2.45, 2.75) is 39.5 Å². The molecule has 6 nitrogen and oxygen atoms in total. The van der Waals surface area contributed by atoms with Crippen molar-refractivity contribution in [3.8, 4) is 0 Å². The van der Waals surface area contributed by atoms with Gasteiger partial charge in [-0.2, -0.15) is 4.74 Å². The monoisotopic (exact) mass is 267 g/mol. The van der Waals surface area contributed by atoms with Gasteiger partial charge in [-0.25, -0.2) is 0 Å². The number of carbonyl (C=O) groups excluding carboxylic acids is 2. The molecule has 0 bridgehead atoms. The zero-order valence-corrected chi connectivity index (χ0v) is 11.4. The molecule has 1 heterocycles. The van der Waals surface area contributed by atoms with E-state index in [1.807, 2.05) is 13.8 Å². The van der Waals surface area contributed by atoms with E-state index >= 15 is 0 Å². The van der Waals surface area contributed by atoms with E-state index in [9.17, 15) is 14.8 Å². The number of hydrogen-bond donors (Lipinski definition) is 2. The fraction of sp³-hybridized carbons (Fsp3) is 0.615. The van der Waals surface area contributed by atoms with Crippen LogP contribution in [0.1, 0.15) is 39.5 Å². The number of nitrogens with two attached hydrogens (primary N) is 1. The molecule has 0 fully saturated rings. The average Bonchev–Trinajstić information content (AvgIpc) is 2.35. The topological polar surface area (TPSA) is 98.3 Å². The molecule has 19 heavy (non-hydrogen) atoms. The fourth-order valence-corrected chi connectivity index (χ4v) is 2.28. The van der Waals surface area contributed by atoms with Gasteiger partial charge in [-0.15, -0.1) is 0 Å². The van der Waals surface area contributed by atoms with Crippen molar-refractivity contribution in [3.05, 3.63) is 17.0 Å². The molecule has 0 aromatic heterocycles. The first kappa shape index (κ1) is 15.2. The van der Waals surface area contributed by atoms with Crippen LogP contribution < -0.4 is 11.1 Å². The molecule has 0 radical (unpaired) electrons. The molecule has 1 aliphatic heterocycles. The van der Waals surface area contributed by atoms with Crippen LogP contribution in [0.3, 0.4) is 0 Å². The Kier molecular flexibility index (Phi) is 5.09. The highest BCUT2D eigenvalue weighted by molar-refractivity contribution is 6.01. The van der Waals surface area contributed by atoms with E-state index in [1.165, 1.54) is 6.21 Å². The van der Waals surface area contributed by atoms with Gasteiger partial charge in [0.1, 0.15) is 5.41 Å². The van der Waals surface area contributed by atoms with Crippen molar-refractivity contribution in [1.82, 2.24) is 5.32 Å². The molecule has 1 atom stereocenters. The van der Waals surface area contributed by atoms with Gasteiger partial charge in [0, 0.05) is 13.0 Å². The summed E-state index contributed by atoms with van der Waals surface area (Å²) in [5, 5.41) is 14.4. The van der Waals surface area contributed by atoms with E-state index < -0.39 is 11.3 Å². The highest BCUT2D eigenvalue weighted by Gasteiger charge is 2.43. The average molecular weight is 267 g/mol. The van der Waals surface area contributed by atoms with Crippen molar-refractivity contribution in [1.29, 1.82) is 0 Å². The minimum atomic E-state index is -0.967. The van der Waals surface area contributed by atoms with Gasteiger partial charge >= 0.3 is 0 Å². The second kappa shape index (κ2) is 6.36. The van der Waals surface area contributed by atoms with Gasteiger partial charge in [0.15, 0.2) is 12.4 Å². The Morgan fingerprint density at radius 3 is 2.68 bits per heavy atom. The third-order valence-corrected chi connectivity index (χ3v) is 3.16. The maximum atomic E-state index is 12.3. The zero-order chi connectivity index (χ0) is 14.5. The van der Waals surface area contributed by atoms with Gasteiger partial charge < -0.3 is 16.3 Å². The summed E-state index contributed by atoms with van der Waals surface area (Å²) in [6.45, 7) is 4.43. The first-order valence-corrected chi connectivity index (χ1v) is 6.55. The highest BCUT2D eigenvalue weighted by Crippen LogP contribution is 2.32. The Hall–Kier alpha value is -1.85. The molecule has 0 aromatic carbocycles. The Labute approximate surface area is 112 Å². The molecular weight excluding hydrogens is 246 g/mol. The smallest absolute Gasteiger partial charge is 0.250 e. The highest BCUT2D eigenvalue weighted by atomic mass is 16.5. The van der Waals surface area contributed by atoms with Gasteiger partial charge in [0.05, 0.1) is 5.57 Å². The molecule has 2 amide bonds. The Morgan fingerprint density at radius 1 is 1.47 bits per heavy atom. The van der Waals surface area contributed by atoms with Crippen LogP contribution in [-0.2, 0) is 9.59 Å². The van der Waals surface area contributed by atoms with Crippen molar-refractivity contribution in [2.24, 2.45) is 11.1 Å². The van der Waals surface area contributed by atoms with E-state index in [4.69, 9.17) is 5.73 Å². The Morgan fingerprint density at radius 2 is 2.16 bits per heavy atom. The molecule has 1 rings (SSSR count). The van der Waals surface area contributed by atoms with Crippen molar-refractivity contribution in [3.63, 3.8) is 0 Å². The first-order valence-electron chi connectivity index (χ1n) is 6.55. The van der Waals surface area contributed by atoms with Crippen LogP contribution in [0.25, 0.3) is 0 Å².